The van der Waals surface area contributed by atoms with Crippen molar-refractivity contribution < 1.29 is 9.90 Å². The maximum atomic E-state index is 9.90. The van der Waals surface area contributed by atoms with E-state index < -0.39 is 5.97 Å². The first-order valence-corrected chi connectivity index (χ1v) is 1.92. The van der Waals surface area contributed by atoms with Crippen molar-refractivity contribution >= 4 is 5.97 Å². The highest BCUT2D eigenvalue weighted by atomic mass is 16.4. The lowest BCUT2D eigenvalue weighted by Gasteiger charge is -1.93. The maximum absolute atomic E-state index is 9.90. The van der Waals surface area contributed by atoms with E-state index in [0.29, 0.717) is 0 Å². The smallest absolute Gasteiger partial charge is 0.337 e. The van der Waals surface area contributed by atoms with Crippen LogP contribution in [0.1, 0.15) is 0 Å². The minimum absolute atomic E-state index is 0.00231. The van der Waals surface area contributed by atoms with Gasteiger partial charge >= 0.3 is 5.97 Å². The molecule has 0 saturated heterocycles. The molecule has 0 radical (unpaired) electrons. The highest BCUT2D eigenvalue weighted by Crippen LogP contribution is 1.95. The minimum atomic E-state index is -1.13. The number of hydrogen-bond acceptors (Lipinski definition) is 2. The quantitative estimate of drug-likeness (QED) is 0.394. The molecular formula is C5H7NO2. The van der Waals surface area contributed by atoms with Gasteiger partial charge in [-0.05, 0) is 0 Å². The van der Waals surface area contributed by atoms with Crippen LogP contribution in [0.3, 0.4) is 0 Å². The van der Waals surface area contributed by atoms with E-state index in [1.807, 2.05) is 0 Å². The first kappa shape index (κ1) is 6.75. The molecule has 0 aliphatic rings. The topological polar surface area (TPSA) is 63.3 Å². The molecule has 3 heteroatoms. The van der Waals surface area contributed by atoms with Gasteiger partial charge in [-0.2, -0.15) is 0 Å². The van der Waals surface area contributed by atoms with Crippen LogP contribution < -0.4 is 5.73 Å². The summed E-state index contributed by atoms with van der Waals surface area (Å²) in [6.07, 6.45) is 0. The van der Waals surface area contributed by atoms with Crippen molar-refractivity contribution in [3.63, 3.8) is 0 Å². The van der Waals surface area contributed by atoms with Gasteiger partial charge in [0.05, 0.1) is 5.57 Å². The predicted octanol–water partition coefficient (Wildman–Crippen LogP) is 0.0996. The summed E-state index contributed by atoms with van der Waals surface area (Å²) in [6, 6.07) is 0. The van der Waals surface area contributed by atoms with Crippen molar-refractivity contribution in [3.8, 4) is 0 Å². The molecule has 0 rings (SSSR count). The van der Waals surface area contributed by atoms with Gasteiger partial charge in [0.15, 0.2) is 0 Å². The Kier molecular flexibility index (Phi) is 1.82. The third-order valence-electron chi connectivity index (χ3n) is 0.646. The first-order valence-electron chi connectivity index (χ1n) is 1.92. The van der Waals surface area contributed by atoms with Gasteiger partial charge in [0.1, 0.15) is 0 Å². The Bertz CT molecular complexity index is 133. The van der Waals surface area contributed by atoms with Gasteiger partial charge in [0.25, 0.3) is 0 Å². The lowest BCUT2D eigenvalue weighted by molar-refractivity contribution is -0.132. The molecule has 0 unspecified atom stereocenters. The molecule has 0 aromatic heterocycles. The Balaban J connectivity index is 4.05. The Morgan fingerprint density at radius 2 is 1.88 bits per heavy atom. The van der Waals surface area contributed by atoms with E-state index in [1.54, 1.807) is 0 Å². The summed E-state index contributed by atoms with van der Waals surface area (Å²) in [4.78, 5) is 9.90. The molecule has 0 fully saturated rings. The average molecular weight is 113 g/mol. The second-order valence-corrected chi connectivity index (χ2v) is 1.31. The number of aliphatic carboxylic acids is 1. The SMILES string of the molecule is C=C(N)C(=C)C(=O)O. The summed E-state index contributed by atoms with van der Waals surface area (Å²) in [6.45, 7) is 6.30. The van der Waals surface area contributed by atoms with Crippen LogP contribution in [0.15, 0.2) is 24.4 Å². The monoisotopic (exact) mass is 113 g/mol. The summed E-state index contributed by atoms with van der Waals surface area (Å²) in [7, 11) is 0. The van der Waals surface area contributed by atoms with Crippen LogP contribution in [0.2, 0.25) is 0 Å². The molecule has 0 bridgehead atoms. The lowest BCUT2D eigenvalue weighted by Crippen LogP contribution is -2.07. The van der Waals surface area contributed by atoms with Gasteiger partial charge < -0.3 is 10.8 Å². The number of carboxylic acid groups (broad SMARTS) is 1. The van der Waals surface area contributed by atoms with E-state index in [4.69, 9.17) is 10.8 Å². The fourth-order valence-electron chi connectivity index (χ4n) is 0.137. The van der Waals surface area contributed by atoms with Gasteiger partial charge in [-0.25, -0.2) is 4.79 Å². The lowest BCUT2D eigenvalue weighted by atomic mass is 10.2. The van der Waals surface area contributed by atoms with Crippen LogP contribution in [-0.4, -0.2) is 11.1 Å². The van der Waals surface area contributed by atoms with E-state index in [9.17, 15) is 4.79 Å². The van der Waals surface area contributed by atoms with Crippen LogP contribution in [0.5, 0.6) is 0 Å². The van der Waals surface area contributed by atoms with Crippen LogP contribution in [0.4, 0.5) is 0 Å². The molecule has 0 aromatic carbocycles. The molecule has 3 nitrogen and oxygen atoms in total. The van der Waals surface area contributed by atoms with Gasteiger partial charge in [0, 0.05) is 5.70 Å². The molecule has 0 atom stereocenters. The van der Waals surface area contributed by atoms with Crippen molar-refractivity contribution in [2.24, 2.45) is 5.73 Å². The predicted molar refractivity (Wildman–Crippen MR) is 30.1 cm³/mol. The molecule has 0 spiro atoms. The zero-order chi connectivity index (χ0) is 6.73. The summed E-state index contributed by atoms with van der Waals surface area (Å²) in [5, 5.41) is 8.11. The second-order valence-electron chi connectivity index (χ2n) is 1.31. The van der Waals surface area contributed by atoms with Crippen LogP contribution in [0, 0.1) is 0 Å². The zero-order valence-electron chi connectivity index (χ0n) is 4.35. The minimum Gasteiger partial charge on any atom is -0.478 e. The van der Waals surface area contributed by atoms with Gasteiger partial charge in [-0.15, -0.1) is 0 Å². The van der Waals surface area contributed by atoms with E-state index in [0.717, 1.165) is 0 Å². The van der Waals surface area contributed by atoms with Crippen molar-refractivity contribution in [1.29, 1.82) is 0 Å². The summed E-state index contributed by atoms with van der Waals surface area (Å²) >= 11 is 0. The fraction of sp³-hybridized carbons (Fsp3) is 0. The van der Waals surface area contributed by atoms with Crippen LogP contribution >= 0.6 is 0 Å². The number of nitrogens with two attached hydrogens (primary N) is 1. The van der Waals surface area contributed by atoms with Crippen molar-refractivity contribution in [2.45, 2.75) is 0 Å². The van der Waals surface area contributed by atoms with Crippen molar-refractivity contribution in [2.75, 3.05) is 0 Å². The molecule has 0 saturated carbocycles. The third-order valence-corrected chi connectivity index (χ3v) is 0.646. The molecular weight excluding hydrogens is 106 g/mol. The Labute approximate surface area is 47.1 Å². The maximum Gasteiger partial charge on any atom is 0.337 e. The Morgan fingerprint density at radius 1 is 1.50 bits per heavy atom. The van der Waals surface area contributed by atoms with Crippen LogP contribution in [-0.2, 0) is 4.79 Å². The number of hydrogen-bond donors (Lipinski definition) is 2. The van der Waals surface area contributed by atoms with Gasteiger partial charge in [0.2, 0.25) is 0 Å². The number of rotatable bonds is 2. The molecule has 44 valence electrons. The van der Waals surface area contributed by atoms with Gasteiger partial charge in [-0.3, -0.25) is 0 Å². The van der Waals surface area contributed by atoms with E-state index in [2.05, 4.69) is 13.2 Å². The van der Waals surface area contributed by atoms with E-state index in [-0.39, 0.29) is 11.3 Å². The standard InChI is InChI=1S/C5H7NO2/c1-3(4(2)6)5(7)8/h1-2,6H2,(H,7,8). The summed E-state index contributed by atoms with van der Waals surface area (Å²) in [5.41, 5.74) is 4.81. The molecule has 0 aromatic rings. The molecule has 3 N–H and O–H groups in total. The number of carbonyl (C=O) groups is 1. The third kappa shape index (κ3) is 1.47. The fourth-order valence-corrected chi connectivity index (χ4v) is 0.137. The van der Waals surface area contributed by atoms with Crippen LogP contribution in [0.25, 0.3) is 0 Å². The Hall–Kier alpha value is -1.25. The molecule has 0 heterocycles. The normalized spacial score (nSPS) is 8.00. The largest absolute Gasteiger partial charge is 0.478 e. The van der Waals surface area contributed by atoms with Crippen molar-refractivity contribution in [1.82, 2.24) is 0 Å². The molecule has 0 aliphatic carbocycles. The number of carboxylic acids is 1. The van der Waals surface area contributed by atoms with E-state index >= 15 is 0 Å². The summed E-state index contributed by atoms with van der Waals surface area (Å²) < 4.78 is 0. The van der Waals surface area contributed by atoms with E-state index in [1.165, 1.54) is 0 Å². The highest BCUT2D eigenvalue weighted by Gasteiger charge is 2.02. The summed E-state index contributed by atoms with van der Waals surface area (Å²) in [5.74, 6) is -1.13. The van der Waals surface area contributed by atoms with Gasteiger partial charge in [-0.1, -0.05) is 13.2 Å². The molecule has 8 heavy (non-hydrogen) atoms. The first-order chi connectivity index (χ1) is 3.55. The second kappa shape index (κ2) is 2.16. The van der Waals surface area contributed by atoms with Crippen molar-refractivity contribution in [3.05, 3.63) is 24.4 Å². The zero-order valence-corrected chi connectivity index (χ0v) is 4.35. The molecule has 0 aliphatic heterocycles. The Morgan fingerprint density at radius 3 is 1.88 bits per heavy atom. The average Bonchev–Trinajstić information content (AvgIpc) is 1.64. The molecule has 0 amide bonds. The highest BCUT2D eigenvalue weighted by molar-refractivity contribution is 5.90.